The molecule has 0 spiro atoms. The highest BCUT2D eigenvalue weighted by molar-refractivity contribution is 9.10. The van der Waals surface area contributed by atoms with Gasteiger partial charge in [-0.1, -0.05) is 0 Å². The van der Waals surface area contributed by atoms with E-state index in [9.17, 15) is 9.18 Å². The lowest BCUT2D eigenvalue weighted by Gasteiger charge is -2.09. The van der Waals surface area contributed by atoms with Crippen LogP contribution in [0.2, 0.25) is 0 Å². The molecule has 1 heterocycles. The van der Waals surface area contributed by atoms with E-state index in [1.54, 1.807) is 26.0 Å². The van der Waals surface area contributed by atoms with Gasteiger partial charge in [0.25, 0.3) is 5.91 Å². The zero-order valence-corrected chi connectivity index (χ0v) is 11.5. The van der Waals surface area contributed by atoms with E-state index in [1.807, 2.05) is 0 Å². The smallest absolute Gasteiger partial charge is 0.259 e. The summed E-state index contributed by atoms with van der Waals surface area (Å²) in [6, 6.07) is 4.48. The van der Waals surface area contributed by atoms with Gasteiger partial charge in [-0.3, -0.25) is 4.79 Å². The van der Waals surface area contributed by atoms with Gasteiger partial charge >= 0.3 is 0 Å². The number of benzene rings is 1. The van der Waals surface area contributed by atoms with Crippen LogP contribution in [0.1, 0.15) is 21.7 Å². The Kier molecular flexibility index (Phi) is 3.52. The van der Waals surface area contributed by atoms with Crippen molar-refractivity contribution in [3.8, 4) is 0 Å². The molecule has 0 aliphatic carbocycles. The molecule has 94 valence electrons. The first-order valence-corrected chi connectivity index (χ1v) is 6.09. The van der Waals surface area contributed by atoms with Crippen LogP contribution in [0.15, 0.2) is 33.4 Å². The lowest BCUT2D eigenvalue weighted by molar-refractivity contribution is 0.102. The highest BCUT2D eigenvalue weighted by Crippen LogP contribution is 2.24. The van der Waals surface area contributed by atoms with Gasteiger partial charge in [-0.2, -0.15) is 0 Å². The average Bonchev–Trinajstić information content (AvgIpc) is 2.72. The quantitative estimate of drug-likeness (QED) is 0.909. The fourth-order valence-corrected chi connectivity index (χ4v) is 2.05. The van der Waals surface area contributed by atoms with Gasteiger partial charge in [0.05, 0.1) is 16.3 Å². The molecule has 0 saturated heterocycles. The summed E-state index contributed by atoms with van der Waals surface area (Å²) in [6.45, 7) is 3.49. The molecule has 0 fully saturated rings. The summed E-state index contributed by atoms with van der Waals surface area (Å²) in [7, 11) is 0. The van der Waals surface area contributed by atoms with E-state index in [-0.39, 0.29) is 5.91 Å². The van der Waals surface area contributed by atoms with Crippen LogP contribution in [0, 0.1) is 19.7 Å². The monoisotopic (exact) mass is 311 g/mol. The van der Waals surface area contributed by atoms with E-state index in [4.69, 9.17) is 4.42 Å². The molecule has 0 aliphatic heterocycles. The molecule has 1 amide bonds. The fraction of sp³-hybridized carbons (Fsp3) is 0.154. The minimum atomic E-state index is -0.417. The molecule has 2 rings (SSSR count). The van der Waals surface area contributed by atoms with Crippen LogP contribution in [0.4, 0.5) is 10.1 Å². The van der Waals surface area contributed by atoms with Crippen molar-refractivity contribution in [2.45, 2.75) is 13.8 Å². The zero-order valence-electron chi connectivity index (χ0n) is 9.88. The van der Waals surface area contributed by atoms with Crippen molar-refractivity contribution < 1.29 is 13.6 Å². The highest BCUT2D eigenvalue weighted by atomic mass is 79.9. The first-order chi connectivity index (χ1) is 8.49. The van der Waals surface area contributed by atoms with Crippen molar-refractivity contribution in [2.75, 3.05) is 5.32 Å². The second kappa shape index (κ2) is 4.94. The number of furan rings is 1. The summed E-state index contributed by atoms with van der Waals surface area (Å²) >= 11 is 3.09. The van der Waals surface area contributed by atoms with E-state index >= 15 is 0 Å². The Morgan fingerprint density at radius 2 is 2.11 bits per heavy atom. The molecule has 18 heavy (non-hydrogen) atoms. The highest BCUT2D eigenvalue weighted by Gasteiger charge is 2.13. The van der Waals surface area contributed by atoms with Crippen molar-refractivity contribution in [1.82, 2.24) is 0 Å². The summed E-state index contributed by atoms with van der Waals surface area (Å²) in [5.41, 5.74) is 1.66. The van der Waals surface area contributed by atoms with Crippen molar-refractivity contribution in [2.24, 2.45) is 0 Å². The topological polar surface area (TPSA) is 42.2 Å². The molecular formula is C13H11BrFNO2. The maximum atomic E-state index is 13.4. The predicted molar refractivity (Wildman–Crippen MR) is 70.2 cm³/mol. The third kappa shape index (κ3) is 2.46. The second-order valence-corrected chi connectivity index (χ2v) is 4.78. The molecule has 1 N–H and O–H groups in total. The van der Waals surface area contributed by atoms with E-state index in [1.165, 1.54) is 12.3 Å². The SMILES string of the molecule is Cc1cc(Br)c(F)cc1NC(=O)c1ccoc1C. The van der Waals surface area contributed by atoms with Crippen molar-refractivity contribution in [1.29, 1.82) is 0 Å². The third-order valence-electron chi connectivity index (χ3n) is 2.62. The Hall–Kier alpha value is -1.62. The Labute approximate surface area is 112 Å². The lowest BCUT2D eigenvalue weighted by atomic mass is 10.1. The molecule has 1 aromatic carbocycles. The lowest BCUT2D eigenvalue weighted by Crippen LogP contribution is -2.13. The van der Waals surface area contributed by atoms with Crippen LogP contribution < -0.4 is 5.32 Å². The number of carbonyl (C=O) groups is 1. The van der Waals surface area contributed by atoms with Crippen LogP contribution in [-0.2, 0) is 0 Å². The van der Waals surface area contributed by atoms with Crippen molar-refractivity contribution >= 4 is 27.5 Å². The molecule has 0 atom stereocenters. The number of anilines is 1. The summed E-state index contributed by atoms with van der Waals surface area (Å²) in [6.07, 6.45) is 1.44. The molecule has 0 saturated carbocycles. The van der Waals surface area contributed by atoms with Crippen molar-refractivity contribution in [3.63, 3.8) is 0 Å². The molecule has 0 bridgehead atoms. The molecule has 0 unspecified atom stereocenters. The van der Waals surface area contributed by atoms with Gasteiger partial charge in [-0.25, -0.2) is 4.39 Å². The summed E-state index contributed by atoms with van der Waals surface area (Å²) in [4.78, 5) is 11.9. The Morgan fingerprint density at radius 1 is 1.39 bits per heavy atom. The predicted octanol–water partition coefficient (Wildman–Crippen LogP) is 4.05. The molecule has 5 heteroatoms. The molecule has 1 aromatic heterocycles. The molecule has 3 nitrogen and oxygen atoms in total. The number of carbonyl (C=O) groups excluding carboxylic acids is 1. The Bertz CT molecular complexity index is 607. The minimum absolute atomic E-state index is 0.314. The standard InChI is InChI=1S/C13H11BrFNO2/c1-7-5-10(14)11(15)6-12(7)16-13(17)9-3-4-18-8(9)2/h3-6H,1-2H3,(H,16,17). The molecular weight excluding hydrogens is 301 g/mol. The van der Waals surface area contributed by atoms with Gasteiger partial charge in [-0.15, -0.1) is 0 Å². The number of hydrogen-bond donors (Lipinski definition) is 1. The minimum Gasteiger partial charge on any atom is -0.469 e. The Balaban J connectivity index is 2.28. The zero-order chi connectivity index (χ0) is 13.3. The van der Waals surface area contributed by atoms with Crippen LogP contribution in [-0.4, -0.2) is 5.91 Å². The number of aryl methyl sites for hydroxylation is 2. The number of halogens is 2. The summed E-state index contributed by atoms with van der Waals surface area (Å²) in [5.74, 6) is -0.200. The van der Waals surface area contributed by atoms with E-state index < -0.39 is 5.82 Å². The Morgan fingerprint density at radius 3 is 2.72 bits per heavy atom. The normalized spacial score (nSPS) is 10.4. The molecule has 0 radical (unpaired) electrons. The summed E-state index contributed by atoms with van der Waals surface area (Å²) in [5, 5.41) is 2.66. The van der Waals surface area contributed by atoms with Gasteiger partial charge < -0.3 is 9.73 Å². The average molecular weight is 312 g/mol. The van der Waals surface area contributed by atoms with Crippen LogP contribution in [0.3, 0.4) is 0 Å². The van der Waals surface area contributed by atoms with Crippen LogP contribution >= 0.6 is 15.9 Å². The van der Waals surface area contributed by atoms with E-state index in [0.717, 1.165) is 5.56 Å². The van der Waals surface area contributed by atoms with Crippen LogP contribution in [0.25, 0.3) is 0 Å². The maximum absolute atomic E-state index is 13.4. The number of rotatable bonds is 2. The van der Waals surface area contributed by atoms with Gasteiger partial charge in [0.15, 0.2) is 0 Å². The van der Waals surface area contributed by atoms with Crippen LogP contribution in [0.5, 0.6) is 0 Å². The first kappa shape index (κ1) is 12.8. The number of hydrogen-bond acceptors (Lipinski definition) is 2. The fourth-order valence-electron chi connectivity index (χ4n) is 1.59. The van der Waals surface area contributed by atoms with E-state index in [2.05, 4.69) is 21.2 Å². The van der Waals surface area contributed by atoms with Gasteiger partial charge in [0.1, 0.15) is 11.6 Å². The molecule has 2 aromatic rings. The number of nitrogens with one attached hydrogen (secondary N) is 1. The van der Waals surface area contributed by atoms with E-state index in [0.29, 0.717) is 21.5 Å². The van der Waals surface area contributed by atoms with Gasteiger partial charge in [-0.05, 0) is 53.5 Å². The maximum Gasteiger partial charge on any atom is 0.259 e. The third-order valence-corrected chi connectivity index (χ3v) is 3.23. The first-order valence-electron chi connectivity index (χ1n) is 5.30. The molecule has 0 aliphatic rings. The van der Waals surface area contributed by atoms with Crippen molar-refractivity contribution in [3.05, 3.63) is 51.6 Å². The second-order valence-electron chi connectivity index (χ2n) is 3.93. The largest absolute Gasteiger partial charge is 0.469 e. The van der Waals surface area contributed by atoms with Gasteiger partial charge in [0.2, 0.25) is 0 Å². The number of amides is 1. The summed E-state index contributed by atoms with van der Waals surface area (Å²) < 4.78 is 18.8. The van der Waals surface area contributed by atoms with Gasteiger partial charge in [0, 0.05) is 5.69 Å².